The van der Waals surface area contributed by atoms with E-state index in [0.717, 1.165) is 12.0 Å². The zero-order chi connectivity index (χ0) is 14.8. The van der Waals surface area contributed by atoms with Crippen LogP contribution in [0.4, 0.5) is 13.6 Å². The molecule has 1 heterocycles. The van der Waals surface area contributed by atoms with Crippen molar-refractivity contribution in [2.45, 2.75) is 38.8 Å². The van der Waals surface area contributed by atoms with Crippen LogP contribution in [0.3, 0.4) is 0 Å². The van der Waals surface area contributed by atoms with E-state index < -0.39 is 29.8 Å². The number of methoxy groups -OCH3 is 1. The van der Waals surface area contributed by atoms with Gasteiger partial charge in [-0.1, -0.05) is 0 Å². The topological polar surface area (TPSA) is 55.8 Å². The number of nitrogens with zero attached hydrogens (tertiary/aromatic N) is 1. The quantitative estimate of drug-likeness (QED) is 0.690. The molecule has 0 radical (unpaired) electrons. The molecule has 1 fully saturated rings. The summed E-state index contributed by atoms with van der Waals surface area (Å²) in [7, 11) is 1.14. The molecule has 1 amide bonds. The molecule has 5 nitrogen and oxygen atoms in total. The molecule has 108 valence electrons. The van der Waals surface area contributed by atoms with Crippen molar-refractivity contribution in [1.82, 2.24) is 4.90 Å². The van der Waals surface area contributed by atoms with Crippen molar-refractivity contribution >= 4 is 12.1 Å². The van der Waals surface area contributed by atoms with Gasteiger partial charge in [-0.05, 0) is 20.8 Å². The van der Waals surface area contributed by atoms with Gasteiger partial charge in [0.1, 0.15) is 11.6 Å². The van der Waals surface area contributed by atoms with E-state index in [4.69, 9.17) is 4.74 Å². The van der Waals surface area contributed by atoms with Gasteiger partial charge < -0.3 is 9.47 Å². The normalized spacial score (nSPS) is 19.4. The van der Waals surface area contributed by atoms with Gasteiger partial charge in [-0.25, -0.2) is 9.59 Å². The maximum atomic E-state index is 12.6. The van der Waals surface area contributed by atoms with Crippen LogP contribution in [0.15, 0.2) is 11.7 Å². The minimum atomic E-state index is -1.88. The summed E-state index contributed by atoms with van der Waals surface area (Å²) in [4.78, 5) is 24.4. The number of halogens is 2. The van der Waals surface area contributed by atoms with Crippen LogP contribution in [0.5, 0.6) is 0 Å². The van der Waals surface area contributed by atoms with E-state index in [-0.39, 0.29) is 18.5 Å². The highest BCUT2D eigenvalue weighted by Gasteiger charge is 2.41. The Kier molecular flexibility index (Phi) is 4.49. The highest BCUT2D eigenvalue weighted by molar-refractivity contribution is 5.83. The molecular weight excluding hydrogens is 260 g/mol. The van der Waals surface area contributed by atoms with E-state index in [0.29, 0.717) is 0 Å². The first kappa shape index (κ1) is 15.4. The second kappa shape index (κ2) is 5.54. The summed E-state index contributed by atoms with van der Waals surface area (Å²) in [6, 6.07) is -1.06. The van der Waals surface area contributed by atoms with Gasteiger partial charge in [0.2, 0.25) is 0 Å². The molecule has 0 saturated carbocycles. The summed E-state index contributed by atoms with van der Waals surface area (Å²) in [5.74, 6) is -0.734. The van der Waals surface area contributed by atoms with Gasteiger partial charge in [-0.2, -0.15) is 8.78 Å². The largest absolute Gasteiger partial charge is 0.467 e. The number of likely N-dealkylation sites (tertiary alicyclic amines) is 1. The molecule has 0 spiro atoms. The molecule has 0 unspecified atom stereocenters. The SMILES string of the molecule is COC(=O)[C@H]1CC(=C(F)F)CN1C(=O)OC(C)(C)C. The average Bonchev–Trinajstić information content (AvgIpc) is 2.70. The zero-order valence-electron chi connectivity index (χ0n) is 11.3. The summed E-state index contributed by atoms with van der Waals surface area (Å²) in [5, 5.41) is 0. The minimum absolute atomic E-state index is 0.228. The van der Waals surface area contributed by atoms with Crippen molar-refractivity contribution in [3.63, 3.8) is 0 Å². The second-order valence-corrected chi connectivity index (χ2v) is 5.22. The lowest BCUT2D eigenvalue weighted by Crippen LogP contribution is -2.43. The van der Waals surface area contributed by atoms with Crippen LogP contribution in [-0.4, -0.2) is 42.3 Å². The summed E-state index contributed by atoms with van der Waals surface area (Å²) < 4.78 is 34.8. The Bertz CT molecular complexity index is 410. The summed E-state index contributed by atoms with van der Waals surface area (Å²) in [6.07, 6.45) is -2.91. The van der Waals surface area contributed by atoms with Gasteiger partial charge in [0.15, 0.2) is 0 Å². The molecule has 0 bridgehead atoms. The molecule has 7 heteroatoms. The maximum absolute atomic E-state index is 12.6. The Morgan fingerprint density at radius 3 is 2.32 bits per heavy atom. The van der Waals surface area contributed by atoms with Crippen LogP contribution in [0.25, 0.3) is 0 Å². The van der Waals surface area contributed by atoms with Crippen LogP contribution in [0.2, 0.25) is 0 Å². The molecule has 0 aromatic rings. The third-order valence-corrected chi connectivity index (χ3v) is 2.55. The van der Waals surface area contributed by atoms with E-state index in [2.05, 4.69) is 4.74 Å². The highest BCUT2D eigenvalue weighted by Crippen LogP contribution is 2.28. The van der Waals surface area contributed by atoms with Crippen molar-refractivity contribution < 1.29 is 27.8 Å². The lowest BCUT2D eigenvalue weighted by atomic mass is 10.2. The van der Waals surface area contributed by atoms with Crippen molar-refractivity contribution in [1.29, 1.82) is 0 Å². The van der Waals surface area contributed by atoms with Crippen LogP contribution in [-0.2, 0) is 14.3 Å². The molecule has 1 aliphatic rings. The van der Waals surface area contributed by atoms with Gasteiger partial charge in [0.25, 0.3) is 6.08 Å². The summed E-state index contributed by atoms with van der Waals surface area (Å²) in [6.45, 7) is 4.64. The number of rotatable bonds is 1. The Balaban J connectivity index is 2.92. The monoisotopic (exact) mass is 277 g/mol. The van der Waals surface area contributed by atoms with Gasteiger partial charge >= 0.3 is 12.1 Å². The Hall–Kier alpha value is -1.66. The van der Waals surface area contributed by atoms with E-state index in [9.17, 15) is 18.4 Å². The number of ether oxygens (including phenoxy) is 2. The zero-order valence-corrected chi connectivity index (χ0v) is 11.3. The first-order valence-corrected chi connectivity index (χ1v) is 5.76. The maximum Gasteiger partial charge on any atom is 0.411 e. The fraction of sp³-hybridized carbons (Fsp3) is 0.667. The molecule has 1 aliphatic heterocycles. The second-order valence-electron chi connectivity index (χ2n) is 5.22. The number of carbonyl (C=O) groups excluding carboxylic acids is 2. The Morgan fingerprint density at radius 1 is 1.32 bits per heavy atom. The minimum Gasteiger partial charge on any atom is -0.467 e. The van der Waals surface area contributed by atoms with Gasteiger partial charge in [0, 0.05) is 12.0 Å². The van der Waals surface area contributed by atoms with E-state index >= 15 is 0 Å². The van der Waals surface area contributed by atoms with Gasteiger partial charge in [-0.15, -0.1) is 0 Å². The summed E-state index contributed by atoms with van der Waals surface area (Å²) in [5.41, 5.74) is -1.01. The van der Waals surface area contributed by atoms with Crippen LogP contribution < -0.4 is 0 Å². The van der Waals surface area contributed by atoms with Crippen LogP contribution in [0.1, 0.15) is 27.2 Å². The van der Waals surface area contributed by atoms with E-state index in [1.807, 2.05) is 0 Å². The Labute approximate surface area is 110 Å². The van der Waals surface area contributed by atoms with Crippen molar-refractivity contribution in [3.05, 3.63) is 11.7 Å². The smallest absolute Gasteiger partial charge is 0.411 e. The summed E-state index contributed by atoms with van der Waals surface area (Å²) >= 11 is 0. The number of hydrogen-bond acceptors (Lipinski definition) is 4. The third kappa shape index (κ3) is 3.90. The van der Waals surface area contributed by atoms with E-state index in [1.165, 1.54) is 0 Å². The molecule has 19 heavy (non-hydrogen) atoms. The predicted molar refractivity (Wildman–Crippen MR) is 62.6 cm³/mol. The van der Waals surface area contributed by atoms with Crippen LogP contribution >= 0.6 is 0 Å². The number of esters is 1. The number of carbonyl (C=O) groups is 2. The first-order valence-electron chi connectivity index (χ1n) is 5.76. The number of amides is 1. The molecular formula is C12H17F2NO4. The predicted octanol–water partition coefficient (Wildman–Crippen LogP) is 2.32. The lowest BCUT2D eigenvalue weighted by molar-refractivity contribution is -0.145. The molecule has 0 N–H and O–H groups in total. The molecule has 0 aromatic heterocycles. The fourth-order valence-corrected chi connectivity index (χ4v) is 1.72. The highest BCUT2D eigenvalue weighted by atomic mass is 19.3. The molecule has 1 atom stereocenters. The molecule has 1 rings (SSSR count). The Morgan fingerprint density at radius 2 is 1.89 bits per heavy atom. The van der Waals surface area contributed by atoms with Crippen molar-refractivity contribution in [2.24, 2.45) is 0 Å². The first-order chi connectivity index (χ1) is 8.65. The average molecular weight is 277 g/mol. The van der Waals surface area contributed by atoms with E-state index in [1.54, 1.807) is 20.8 Å². The standard InChI is InChI=1S/C12H17F2NO4/c1-12(2,3)19-11(17)15-6-7(9(13)14)5-8(15)10(16)18-4/h8H,5-6H2,1-4H3/t8-/m1/s1. The molecule has 0 aliphatic carbocycles. The lowest BCUT2D eigenvalue weighted by Gasteiger charge is -2.27. The van der Waals surface area contributed by atoms with Crippen LogP contribution in [0, 0.1) is 0 Å². The molecule has 1 saturated heterocycles. The van der Waals surface area contributed by atoms with Crippen molar-refractivity contribution in [2.75, 3.05) is 13.7 Å². The third-order valence-electron chi connectivity index (χ3n) is 2.55. The molecule has 0 aromatic carbocycles. The van der Waals surface area contributed by atoms with Gasteiger partial charge in [0.05, 0.1) is 13.7 Å². The van der Waals surface area contributed by atoms with Gasteiger partial charge in [-0.3, -0.25) is 4.90 Å². The number of hydrogen-bond donors (Lipinski definition) is 0. The van der Waals surface area contributed by atoms with Crippen molar-refractivity contribution in [3.8, 4) is 0 Å². The fourth-order valence-electron chi connectivity index (χ4n) is 1.72.